The summed E-state index contributed by atoms with van der Waals surface area (Å²) in [5, 5.41) is 5.49. The van der Waals surface area contributed by atoms with E-state index in [1.54, 1.807) is 0 Å². The van der Waals surface area contributed by atoms with E-state index in [0.717, 1.165) is 34.1 Å². The number of hydrogen-bond acceptors (Lipinski definition) is 2. The summed E-state index contributed by atoms with van der Waals surface area (Å²) in [6.07, 6.45) is 0. The number of fused-ring (bicyclic) bond motifs is 9. The summed E-state index contributed by atoms with van der Waals surface area (Å²) in [6.45, 7) is 0. The number of ether oxygens (including phenoxy) is 1. The predicted octanol–water partition coefficient (Wildman–Crippen LogP) is 13.3. The van der Waals surface area contributed by atoms with Crippen molar-refractivity contribution in [1.82, 2.24) is 0 Å². The van der Waals surface area contributed by atoms with Crippen molar-refractivity contribution in [2.45, 2.75) is 0 Å². The van der Waals surface area contributed by atoms with E-state index >= 15 is 0 Å². The van der Waals surface area contributed by atoms with Gasteiger partial charge in [0.1, 0.15) is 11.5 Å². The molecular formula is C60H41NOSi. The first-order valence-corrected chi connectivity index (χ1v) is 23.7. The molecule has 0 saturated carbocycles. The fraction of sp³-hybridized carbons (Fsp3) is 0. The van der Waals surface area contributed by atoms with E-state index in [0.29, 0.717) is 0 Å². The van der Waals surface area contributed by atoms with E-state index in [2.05, 4.69) is 254 Å². The Balaban J connectivity index is 0.877. The smallest absolute Gasteiger partial charge is 0.189 e. The van der Waals surface area contributed by atoms with Gasteiger partial charge in [-0.2, -0.15) is 0 Å². The van der Waals surface area contributed by atoms with Gasteiger partial charge in [-0.1, -0.05) is 200 Å². The zero-order valence-corrected chi connectivity index (χ0v) is 35.5. The van der Waals surface area contributed by atoms with Crippen molar-refractivity contribution in [2.24, 2.45) is 0 Å². The van der Waals surface area contributed by atoms with Crippen molar-refractivity contribution in [3.05, 3.63) is 249 Å². The molecule has 63 heavy (non-hydrogen) atoms. The highest BCUT2D eigenvalue weighted by Gasteiger charge is 2.53. The van der Waals surface area contributed by atoms with Gasteiger partial charge < -0.3 is 9.64 Å². The second kappa shape index (κ2) is 15.2. The van der Waals surface area contributed by atoms with E-state index in [-0.39, 0.29) is 0 Å². The van der Waals surface area contributed by atoms with Crippen LogP contribution < -0.4 is 30.4 Å². The van der Waals surface area contributed by atoms with E-state index in [1.807, 2.05) is 0 Å². The first kappa shape index (κ1) is 36.8. The Labute approximate surface area is 369 Å². The minimum absolute atomic E-state index is 0.958. The lowest BCUT2D eigenvalue weighted by atomic mass is 9.99. The number of hydrogen-bond donors (Lipinski definition) is 0. The second-order valence-electron chi connectivity index (χ2n) is 16.4. The maximum absolute atomic E-state index is 6.73. The zero-order chi connectivity index (χ0) is 41.7. The first-order chi connectivity index (χ1) is 31.2. The molecule has 3 heteroatoms. The standard InChI is InChI=1S/C60H41NOSi/c1-3-14-42(15-4-1)43-26-28-44(29-27-43)45-34-37-51(38-35-45)61(50-17-5-2-6-18-50)52-19-13-16-48(40-52)46-30-32-47(33-31-46)49-36-39-56-60(41-49)63(59-25-12-9-22-55(59)62-56)57-23-10-7-20-53(57)54-21-8-11-24-58(54)63/h1-41H. The minimum atomic E-state index is -2.67. The van der Waals surface area contributed by atoms with Gasteiger partial charge in [0.05, 0.1) is 0 Å². The van der Waals surface area contributed by atoms with Gasteiger partial charge in [0.25, 0.3) is 0 Å². The van der Waals surface area contributed by atoms with Crippen molar-refractivity contribution in [1.29, 1.82) is 0 Å². The molecule has 2 nitrogen and oxygen atoms in total. The third-order valence-corrected chi connectivity index (χ3v) is 17.9. The maximum atomic E-state index is 6.73. The maximum Gasteiger partial charge on any atom is 0.189 e. The van der Waals surface area contributed by atoms with Crippen LogP contribution in [0, 0.1) is 0 Å². The molecule has 0 bridgehead atoms. The third kappa shape index (κ3) is 6.16. The van der Waals surface area contributed by atoms with E-state index < -0.39 is 8.07 Å². The number of para-hydroxylation sites is 2. The zero-order valence-electron chi connectivity index (χ0n) is 34.5. The Kier molecular flexibility index (Phi) is 8.87. The lowest BCUT2D eigenvalue weighted by Gasteiger charge is -2.37. The van der Waals surface area contributed by atoms with Gasteiger partial charge in [0.15, 0.2) is 8.07 Å². The summed E-state index contributed by atoms with van der Waals surface area (Å²) < 4.78 is 6.73. The van der Waals surface area contributed by atoms with Crippen LogP contribution in [-0.2, 0) is 0 Å². The molecular weight excluding hydrogens is 779 g/mol. The average Bonchev–Trinajstić information content (AvgIpc) is 3.65. The van der Waals surface area contributed by atoms with E-state index in [9.17, 15) is 0 Å². The summed E-state index contributed by atoms with van der Waals surface area (Å²) in [7, 11) is -2.67. The van der Waals surface area contributed by atoms with Gasteiger partial charge in [-0.15, -0.1) is 0 Å². The Morgan fingerprint density at radius 3 is 1.27 bits per heavy atom. The van der Waals surface area contributed by atoms with Crippen molar-refractivity contribution in [2.75, 3.05) is 4.90 Å². The second-order valence-corrected chi connectivity index (χ2v) is 20.1. The Bertz CT molecular complexity index is 3240. The van der Waals surface area contributed by atoms with Crippen molar-refractivity contribution in [3.8, 4) is 67.1 Å². The largest absolute Gasteiger partial charge is 0.458 e. The lowest BCUT2D eigenvalue weighted by Crippen LogP contribution is -2.74. The summed E-state index contributed by atoms with van der Waals surface area (Å²) in [6, 6.07) is 90.5. The predicted molar refractivity (Wildman–Crippen MR) is 266 cm³/mol. The van der Waals surface area contributed by atoms with Gasteiger partial charge in [-0.05, 0) is 125 Å². The number of rotatable bonds is 7. The van der Waals surface area contributed by atoms with Crippen LogP contribution >= 0.6 is 0 Å². The SMILES string of the molecule is c1ccc(-c2ccc(-c3ccc(N(c4ccccc4)c4cccc(-c5ccc(-c6ccc7c(c6)[Si]6(c8ccccc8O7)c7ccccc7-c7ccccc76)cc5)c4)cc3)cc2)cc1. The van der Waals surface area contributed by atoms with Gasteiger partial charge in [0.2, 0.25) is 0 Å². The average molecular weight is 820 g/mol. The van der Waals surface area contributed by atoms with E-state index in [4.69, 9.17) is 4.74 Å². The quantitative estimate of drug-likeness (QED) is 0.149. The van der Waals surface area contributed by atoms with Crippen molar-refractivity contribution >= 4 is 45.9 Å². The molecule has 2 aliphatic rings. The van der Waals surface area contributed by atoms with Crippen molar-refractivity contribution < 1.29 is 4.74 Å². The van der Waals surface area contributed by atoms with Gasteiger partial charge >= 0.3 is 0 Å². The minimum Gasteiger partial charge on any atom is -0.458 e. The number of benzene rings is 10. The summed E-state index contributed by atoms with van der Waals surface area (Å²) in [5.74, 6) is 1.93. The van der Waals surface area contributed by atoms with Crippen LogP contribution in [0.3, 0.4) is 0 Å². The number of nitrogens with zero attached hydrogens (tertiary/aromatic N) is 1. The third-order valence-electron chi connectivity index (χ3n) is 13.0. The van der Waals surface area contributed by atoms with Crippen molar-refractivity contribution in [3.63, 3.8) is 0 Å². The first-order valence-electron chi connectivity index (χ1n) is 21.7. The van der Waals surface area contributed by atoms with Crippen LogP contribution in [0.1, 0.15) is 0 Å². The highest BCUT2D eigenvalue weighted by atomic mass is 28.3. The summed E-state index contributed by atoms with van der Waals surface area (Å²) in [5.41, 5.74) is 15.5. The van der Waals surface area contributed by atoms with Crippen LogP contribution in [0.15, 0.2) is 249 Å². The molecule has 0 fully saturated rings. The van der Waals surface area contributed by atoms with Crippen LogP contribution in [0.2, 0.25) is 0 Å². The Morgan fingerprint density at radius 1 is 0.254 bits per heavy atom. The highest BCUT2D eigenvalue weighted by molar-refractivity contribution is 7.23. The van der Waals surface area contributed by atoms with Crippen LogP contribution in [-0.4, -0.2) is 8.07 Å². The lowest BCUT2D eigenvalue weighted by molar-refractivity contribution is 0.487. The van der Waals surface area contributed by atoms with Crippen LogP contribution in [0.4, 0.5) is 17.1 Å². The normalized spacial score (nSPS) is 12.7. The molecule has 0 aromatic heterocycles. The molecule has 12 rings (SSSR count). The Morgan fingerprint density at radius 2 is 0.651 bits per heavy atom. The fourth-order valence-electron chi connectivity index (χ4n) is 10.0. The molecule has 0 N–H and O–H groups in total. The molecule has 2 heterocycles. The Hall–Kier alpha value is -7.98. The molecule has 10 aromatic rings. The monoisotopic (exact) mass is 819 g/mol. The van der Waals surface area contributed by atoms with Gasteiger partial charge in [0, 0.05) is 17.1 Å². The topological polar surface area (TPSA) is 12.5 Å². The molecule has 0 radical (unpaired) electrons. The van der Waals surface area contributed by atoms with Crippen LogP contribution in [0.5, 0.6) is 11.5 Å². The van der Waals surface area contributed by atoms with Gasteiger partial charge in [-0.3, -0.25) is 0 Å². The highest BCUT2D eigenvalue weighted by Crippen LogP contribution is 2.40. The number of anilines is 3. The molecule has 0 atom stereocenters. The molecule has 296 valence electrons. The molecule has 0 saturated heterocycles. The van der Waals surface area contributed by atoms with E-state index in [1.165, 1.54) is 70.8 Å². The van der Waals surface area contributed by atoms with Gasteiger partial charge in [-0.25, -0.2) is 0 Å². The molecule has 0 aliphatic carbocycles. The fourth-order valence-corrected chi connectivity index (χ4v) is 15.4. The molecule has 1 spiro atoms. The summed E-state index contributed by atoms with van der Waals surface area (Å²) >= 11 is 0. The molecule has 0 unspecified atom stereocenters. The molecule has 0 amide bonds. The molecule has 2 aliphatic heterocycles. The molecule has 10 aromatic carbocycles. The van der Waals surface area contributed by atoms with Crippen LogP contribution in [0.25, 0.3) is 55.6 Å². The summed E-state index contributed by atoms with van der Waals surface area (Å²) in [4.78, 5) is 2.34.